The van der Waals surface area contributed by atoms with Gasteiger partial charge in [0.25, 0.3) is 0 Å². The van der Waals surface area contributed by atoms with Crippen molar-refractivity contribution in [2.24, 2.45) is 17.4 Å². The number of amides is 7. The summed E-state index contributed by atoms with van der Waals surface area (Å²) in [5.74, 6) is -16.0. The summed E-state index contributed by atoms with van der Waals surface area (Å²) in [7, 11) is 1.47. The number of aliphatic carboxylic acids is 1. The predicted molar refractivity (Wildman–Crippen MR) is 349 cm³/mol. The van der Waals surface area contributed by atoms with Crippen molar-refractivity contribution in [1.82, 2.24) is 37.2 Å². The van der Waals surface area contributed by atoms with Crippen LogP contribution in [0.2, 0.25) is 10.0 Å². The molecule has 12 rings (SSSR count). The topological polar surface area (TPSA) is 530 Å². The lowest BCUT2D eigenvalue weighted by molar-refractivity contribution is -0.333. The Kier molecular flexibility index (Phi) is 22.2. The Bertz CT molecular complexity index is 4070. The normalized spacial score (nSPS) is 29.4. The molecule has 7 amide bonds. The number of carbonyl (C=O) groups is 8. The number of phenolic OH excluding ortho intramolecular Hbond substituents is 3. The molecule has 2 saturated heterocycles. The molecule has 35 heteroatoms. The first-order chi connectivity index (χ1) is 47.7. The number of nitrogens with one attached hydrogen (secondary N) is 7. The maximum Gasteiger partial charge on any atom is 0.330 e. The zero-order chi connectivity index (χ0) is 73.5. The molecule has 7 heterocycles. The number of likely N-dealkylation sites (N-methyl/N-ethyl adjacent to an activating group) is 1. The number of ether oxygens (including phenoxy) is 6. The van der Waals surface area contributed by atoms with E-state index in [2.05, 4.69) is 37.2 Å². The minimum absolute atomic E-state index is 0.0975. The van der Waals surface area contributed by atoms with E-state index in [1.807, 2.05) is 13.8 Å². The molecule has 7 aliphatic rings. The number of carboxylic acid groups (broad SMARTS) is 1. The van der Waals surface area contributed by atoms with Gasteiger partial charge in [-0.1, -0.05) is 55.2 Å². The van der Waals surface area contributed by atoms with Gasteiger partial charge in [0.1, 0.15) is 89.5 Å². The highest BCUT2D eigenvalue weighted by Crippen LogP contribution is 2.50. The maximum atomic E-state index is 16.0. The highest BCUT2D eigenvalue weighted by molar-refractivity contribution is 6.32. The number of nitrogens with two attached hydrogens (primary N) is 2. The van der Waals surface area contributed by atoms with Crippen LogP contribution >= 0.6 is 23.2 Å². The Morgan fingerprint density at radius 2 is 1.32 bits per heavy atom. The quantitative estimate of drug-likeness (QED) is 0.0743. The van der Waals surface area contributed by atoms with Gasteiger partial charge < -0.3 is 128 Å². The lowest BCUT2D eigenvalue weighted by atomic mass is 9.86. The summed E-state index contributed by atoms with van der Waals surface area (Å²) in [6, 6.07) is -0.679. The molecule has 0 unspecified atom stereocenters. The number of primary amides is 1. The van der Waals surface area contributed by atoms with E-state index in [0.717, 1.165) is 66.7 Å². The molecule has 2 fully saturated rings. The van der Waals surface area contributed by atoms with Crippen LogP contribution < -0.4 is 62.9 Å². The predicted octanol–water partition coefficient (Wildman–Crippen LogP) is 0.106. The van der Waals surface area contributed by atoms with Crippen molar-refractivity contribution in [2.75, 3.05) is 13.7 Å². The van der Waals surface area contributed by atoms with Gasteiger partial charge in [0, 0.05) is 34.7 Å². The van der Waals surface area contributed by atoms with Crippen molar-refractivity contribution in [2.45, 2.75) is 156 Å². The van der Waals surface area contributed by atoms with E-state index in [0.29, 0.717) is 0 Å². The van der Waals surface area contributed by atoms with Gasteiger partial charge in [-0.2, -0.15) is 0 Å². The third kappa shape index (κ3) is 15.8. The number of rotatable bonds is 13. The fourth-order valence-corrected chi connectivity index (χ4v) is 12.9. The molecule has 5 aromatic rings. The summed E-state index contributed by atoms with van der Waals surface area (Å²) in [5, 5.41) is 131. The van der Waals surface area contributed by atoms with E-state index in [4.69, 9.17) is 63.1 Å². The van der Waals surface area contributed by atoms with E-state index in [1.165, 1.54) is 33.0 Å². The number of fused-ring (bicyclic) bond motifs is 15. The lowest BCUT2D eigenvalue weighted by Crippen LogP contribution is -2.64. The van der Waals surface area contributed by atoms with Gasteiger partial charge in [-0.15, -0.1) is 0 Å². The largest absolute Gasteiger partial charge is 0.508 e. The second kappa shape index (κ2) is 30.2. The van der Waals surface area contributed by atoms with Crippen LogP contribution in [-0.4, -0.2) is 191 Å². The Balaban J connectivity index is 1.24. The van der Waals surface area contributed by atoms with Crippen LogP contribution in [0.4, 0.5) is 0 Å². The van der Waals surface area contributed by atoms with Gasteiger partial charge in [0.05, 0.1) is 41.3 Å². The average Bonchev–Trinajstić information content (AvgIpc) is 0.775. The fourth-order valence-electron chi connectivity index (χ4n) is 12.5. The molecule has 18 atom stereocenters. The van der Waals surface area contributed by atoms with Crippen LogP contribution in [0, 0.1) is 5.92 Å². The smallest absolute Gasteiger partial charge is 0.330 e. The number of hydrogen-bond acceptors (Lipinski definition) is 25. The first-order valence-corrected chi connectivity index (χ1v) is 32.4. The lowest BCUT2D eigenvalue weighted by Gasteiger charge is -2.47. The molecule has 21 N–H and O–H groups in total. The maximum absolute atomic E-state index is 16.0. The number of aromatic hydroxyl groups is 3. The molecule has 0 radical (unpaired) electrons. The molecule has 7 aliphatic heterocycles. The average molecular weight is 1450 g/mol. The van der Waals surface area contributed by atoms with Crippen molar-refractivity contribution >= 4 is 70.5 Å². The SMILES string of the molecule is CN[C@H](CC(C)C)C(=O)N[C@H]1C(=O)N[C@@H](CC(N)=O)C(=O)N[C@H]2C(=O)N[C@@H]3C(=O)N[C@H](C(=O)N[C@H](C(=O)O)c4cc(O)cc(O)c4-c4cc3ccc4O)[C@H](O)c3ccc(c(Cl)c3)Oc3cc2cc(c3O[C@@H]2O[C@H](CO)[C@@H](O)[C@H](O)[C@H]2O[C@H]2C[C@](C)(N)[C@H](O)[C@H](C)O2)Oc2ccc(cc2Cl)[C@H]1O. The first-order valence-electron chi connectivity index (χ1n) is 31.6. The van der Waals surface area contributed by atoms with E-state index in [9.17, 15) is 75.0 Å². The molecule has 0 aliphatic carbocycles. The number of halogens is 2. The van der Waals surface area contributed by atoms with Crippen molar-refractivity contribution in [3.63, 3.8) is 0 Å². The van der Waals surface area contributed by atoms with Gasteiger partial charge in [-0.25, -0.2) is 4.79 Å². The van der Waals surface area contributed by atoms with Crippen LogP contribution in [0.5, 0.6) is 46.0 Å². The second-order valence-electron chi connectivity index (χ2n) is 25.7. The van der Waals surface area contributed by atoms with E-state index >= 15 is 14.4 Å². The van der Waals surface area contributed by atoms with Crippen LogP contribution in [0.25, 0.3) is 11.1 Å². The third-order valence-corrected chi connectivity index (χ3v) is 18.4. The number of hydrogen-bond donors (Lipinski definition) is 19. The molecule has 5 aromatic carbocycles. The van der Waals surface area contributed by atoms with E-state index in [-0.39, 0.29) is 46.2 Å². The minimum Gasteiger partial charge on any atom is -0.508 e. The summed E-state index contributed by atoms with van der Waals surface area (Å²) in [6.07, 6.45) is -18.6. The standard InChI is InChI=1S/C66H75Cl2N9O24/c1-23(2)12-34(71-5)58(88)76-49-51(83)26-7-10-38(32(67)14-26)97-40-16-28-17-41(55(40)101-65-56(54(86)53(85)42(22-78)99-65)100-44-21-66(4,70)57(87)24(3)96-44)98-39-11-8-27(15-33(39)68)52(84)50-63(93)75-48(64(94)95)31-18-29(79)19-37(81)45(31)30-13-25(6-9-36(30)80)46(60(90)77-50)74-61(91)47(28)73-59(89)35(20-43(69)82)72-62(49)92/h6-11,13-19,23-24,34-35,42,44,46-54,56-57,65,71,78-81,83-87H,12,20-22,70H2,1-5H3,(H2,69,82)(H,72,92)(H,73,89)(H,74,91)(H,75,93)(H,76,88)(H,77,90)(H,94,95)/t24-,34+,35-,42+,44-,46-,47+,48-,49+,50-,51+,52+,53+,54-,56+,57+,65-,66-/m0/s1. The van der Waals surface area contributed by atoms with Crippen LogP contribution in [0.3, 0.4) is 0 Å². The number of carboxylic acids is 1. The summed E-state index contributed by atoms with van der Waals surface area (Å²) in [6.45, 7) is 5.66. The zero-order valence-electron chi connectivity index (χ0n) is 54.3. The molecule has 542 valence electrons. The van der Waals surface area contributed by atoms with Gasteiger partial charge in [-0.05, 0) is 110 Å². The minimum atomic E-state index is -2.35. The number of phenols is 3. The number of benzene rings is 5. The van der Waals surface area contributed by atoms with E-state index in [1.54, 1.807) is 0 Å². The fraction of sp³-hybridized carbons (Fsp3) is 0.424. The van der Waals surface area contributed by atoms with Crippen molar-refractivity contribution in [3.8, 4) is 57.1 Å². The zero-order valence-corrected chi connectivity index (χ0v) is 55.8. The Morgan fingerprint density at radius 1 is 0.713 bits per heavy atom. The van der Waals surface area contributed by atoms with Gasteiger partial charge >= 0.3 is 5.97 Å². The third-order valence-electron chi connectivity index (χ3n) is 17.8. The molecule has 0 aromatic heterocycles. The second-order valence-corrected chi connectivity index (χ2v) is 26.5. The number of carbonyl (C=O) groups excluding carboxylic acids is 7. The number of aliphatic hydroxyl groups excluding tert-OH is 6. The highest BCUT2D eigenvalue weighted by Gasteiger charge is 2.51. The Labute approximate surface area is 584 Å². The van der Waals surface area contributed by atoms with Crippen LogP contribution in [-0.2, 0) is 52.6 Å². The summed E-state index contributed by atoms with van der Waals surface area (Å²) in [4.78, 5) is 117. The highest BCUT2D eigenvalue weighted by atomic mass is 35.5. The monoisotopic (exact) mass is 1450 g/mol. The van der Waals surface area contributed by atoms with Gasteiger partial charge in [0.2, 0.25) is 53.4 Å². The molecule has 0 saturated carbocycles. The molecular formula is C66H75Cl2N9O24. The van der Waals surface area contributed by atoms with Crippen molar-refractivity contribution in [3.05, 3.63) is 117 Å². The molecule has 11 bridgehead atoms. The van der Waals surface area contributed by atoms with Crippen molar-refractivity contribution in [1.29, 1.82) is 0 Å². The van der Waals surface area contributed by atoms with Gasteiger partial charge in [0.15, 0.2) is 29.9 Å². The van der Waals surface area contributed by atoms with Crippen LogP contribution in [0.1, 0.15) is 105 Å². The number of aliphatic hydroxyl groups is 6. The first kappa shape index (κ1) is 74.5. The molecule has 101 heavy (non-hydrogen) atoms. The summed E-state index contributed by atoms with van der Waals surface area (Å²) >= 11 is 14.1. The van der Waals surface area contributed by atoms with Crippen molar-refractivity contribution < 1.29 is 118 Å². The summed E-state index contributed by atoms with van der Waals surface area (Å²) < 4.78 is 38.3. The Morgan fingerprint density at radius 3 is 1.90 bits per heavy atom. The van der Waals surface area contributed by atoms with E-state index < -0.39 is 237 Å². The molecule has 33 nitrogen and oxygen atoms in total. The molecular weight excluding hydrogens is 1370 g/mol. The molecule has 0 spiro atoms. The van der Waals surface area contributed by atoms with Crippen LogP contribution in [0.15, 0.2) is 78.9 Å². The van der Waals surface area contributed by atoms with Gasteiger partial charge in [-0.3, -0.25) is 33.6 Å². The summed E-state index contributed by atoms with van der Waals surface area (Å²) in [5.41, 5.74) is 8.00. The Hall–Kier alpha value is -9.20.